The molecule has 3 aromatic rings. The lowest BCUT2D eigenvalue weighted by molar-refractivity contribution is 0.644. The predicted octanol–water partition coefficient (Wildman–Crippen LogP) is 8.20. The molecular formula is C26H32FN3S2. The van der Waals surface area contributed by atoms with Gasteiger partial charge in [-0.3, -0.25) is 0 Å². The molecule has 0 aliphatic carbocycles. The molecule has 6 heteroatoms. The minimum atomic E-state index is -0.631. The predicted molar refractivity (Wildman–Crippen MR) is 139 cm³/mol. The molecule has 3 nitrogen and oxygen atoms in total. The monoisotopic (exact) mass is 469 g/mol. The van der Waals surface area contributed by atoms with Gasteiger partial charge in [0.1, 0.15) is 5.82 Å². The van der Waals surface area contributed by atoms with Crippen molar-refractivity contribution in [2.75, 3.05) is 6.54 Å². The lowest BCUT2D eigenvalue weighted by Gasteiger charge is -2.27. The third kappa shape index (κ3) is 5.18. The van der Waals surface area contributed by atoms with E-state index >= 15 is 0 Å². The summed E-state index contributed by atoms with van der Waals surface area (Å²) >= 11 is 2.18. The number of nitrogens with one attached hydrogen (secondary N) is 1. The number of allylic oxidation sites excluding steroid dienone is 2. The first-order valence-corrected chi connectivity index (χ1v) is 12.7. The molecule has 0 amide bonds. The largest absolute Gasteiger partial charge is 0.387 e. The molecule has 1 N–H and O–H groups in total. The van der Waals surface area contributed by atoms with E-state index in [4.69, 9.17) is 0 Å². The van der Waals surface area contributed by atoms with Crippen molar-refractivity contribution in [2.45, 2.75) is 52.2 Å². The summed E-state index contributed by atoms with van der Waals surface area (Å²) < 4.78 is 15.5. The highest BCUT2D eigenvalue weighted by molar-refractivity contribution is 7.95. The lowest BCUT2D eigenvalue weighted by Crippen LogP contribution is -2.17. The maximum absolute atomic E-state index is 14.1. The fourth-order valence-corrected chi connectivity index (χ4v) is 4.79. The summed E-state index contributed by atoms with van der Waals surface area (Å²) in [6, 6.07) is 10.6. The first kappa shape index (κ1) is 24.3. The van der Waals surface area contributed by atoms with Gasteiger partial charge in [-0.1, -0.05) is 39.3 Å². The molecular weight excluding hydrogens is 437 g/mol. The Labute approximate surface area is 199 Å². The van der Waals surface area contributed by atoms with Gasteiger partial charge in [-0.15, -0.1) is 11.3 Å². The van der Waals surface area contributed by atoms with Gasteiger partial charge in [-0.05, 0) is 67.9 Å². The molecule has 2 aromatic heterocycles. The molecule has 1 aliphatic rings. The van der Waals surface area contributed by atoms with Crippen molar-refractivity contribution >= 4 is 29.2 Å². The smallest absolute Gasteiger partial charge is 0.144 e. The summed E-state index contributed by atoms with van der Waals surface area (Å²) in [5, 5.41) is 3.18. The van der Waals surface area contributed by atoms with Crippen LogP contribution >= 0.6 is 23.5 Å². The SMILES string of the molecule is CCC.CCC(C)(SF)c1ccc(-c2ccc(C)s2)cc1-c1nccn1C1=CCNC=C1. The van der Waals surface area contributed by atoms with Crippen LogP contribution in [0.5, 0.6) is 0 Å². The van der Waals surface area contributed by atoms with Crippen LogP contribution in [0, 0.1) is 6.92 Å². The fourth-order valence-electron chi connectivity index (χ4n) is 3.55. The highest BCUT2D eigenvalue weighted by Crippen LogP contribution is 2.45. The molecule has 32 heavy (non-hydrogen) atoms. The summed E-state index contributed by atoms with van der Waals surface area (Å²) in [6.07, 6.45) is 11.8. The van der Waals surface area contributed by atoms with E-state index in [1.54, 1.807) is 11.3 Å². The average molecular weight is 470 g/mol. The third-order valence-corrected chi connectivity index (χ3v) is 7.32. The van der Waals surface area contributed by atoms with Crippen molar-refractivity contribution in [1.29, 1.82) is 0 Å². The number of hydrogen-bond acceptors (Lipinski definition) is 4. The molecule has 1 unspecified atom stereocenters. The second-order valence-corrected chi connectivity index (χ2v) is 10.4. The molecule has 1 aromatic carbocycles. The van der Waals surface area contributed by atoms with Gasteiger partial charge in [0.25, 0.3) is 0 Å². The Hall–Kier alpha value is -2.31. The zero-order chi connectivity index (χ0) is 23.1. The van der Waals surface area contributed by atoms with E-state index in [0.717, 1.165) is 34.8 Å². The van der Waals surface area contributed by atoms with E-state index in [0.29, 0.717) is 18.6 Å². The van der Waals surface area contributed by atoms with Crippen LogP contribution < -0.4 is 5.32 Å². The number of halogens is 1. The maximum atomic E-state index is 14.1. The average Bonchev–Trinajstić information content (AvgIpc) is 3.49. The number of hydrogen-bond donors (Lipinski definition) is 1. The number of benzene rings is 1. The minimum absolute atomic E-state index is 0.411. The summed E-state index contributed by atoms with van der Waals surface area (Å²) in [4.78, 5) is 7.17. The Morgan fingerprint density at radius 3 is 2.59 bits per heavy atom. The van der Waals surface area contributed by atoms with Crippen LogP contribution in [-0.2, 0) is 4.75 Å². The van der Waals surface area contributed by atoms with Crippen LogP contribution in [-0.4, -0.2) is 16.1 Å². The van der Waals surface area contributed by atoms with Crippen molar-refractivity contribution in [3.63, 3.8) is 0 Å². The Morgan fingerprint density at radius 2 is 2.00 bits per heavy atom. The van der Waals surface area contributed by atoms with Gasteiger partial charge in [0.2, 0.25) is 0 Å². The number of dihydropyridines is 1. The molecule has 3 heterocycles. The normalized spacial score (nSPS) is 14.8. The molecule has 0 radical (unpaired) electrons. The highest BCUT2D eigenvalue weighted by atomic mass is 32.2. The van der Waals surface area contributed by atoms with E-state index in [9.17, 15) is 3.89 Å². The number of aromatic nitrogens is 2. The number of thiophene rings is 1. The quantitative estimate of drug-likeness (QED) is 0.394. The fraction of sp³-hybridized carbons (Fsp3) is 0.346. The van der Waals surface area contributed by atoms with E-state index < -0.39 is 4.75 Å². The second kappa shape index (κ2) is 11.0. The number of aryl methyl sites for hydroxylation is 1. The van der Waals surface area contributed by atoms with Gasteiger partial charge >= 0.3 is 0 Å². The second-order valence-electron chi connectivity index (χ2n) is 8.03. The van der Waals surface area contributed by atoms with Crippen molar-refractivity contribution in [3.05, 3.63) is 71.5 Å². The summed E-state index contributed by atoms with van der Waals surface area (Å²) in [5.74, 6) is 0.835. The van der Waals surface area contributed by atoms with Crippen molar-refractivity contribution in [1.82, 2.24) is 14.9 Å². The first-order valence-electron chi connectivity index (χ1n) is 11.1. The Bertz CT molecular complexity index is 1090. The van der Waals surface area contributed by atoms with Crippen LogP contribution in [0.15, 0.2) is 61.1 Å². The van der Waals surface area contributed by atoms with Gasteiger partial charge < -0.3 is 9.88 Å². The maximum Gasteiger partial charge on any atom is 0.144 e. The summed E-state index contributed by atoms with van der Waals surface area (Å²) in [7, 11) is 0. The lowest BCUT2D eigenvalue weighted by atomic mass is 9.90. The van der Waals surface area contributed by atoms with Gasteiger partial charge in [-0.25, -0.2) is 4.98 Å². The minimum Gasteiger partial charge on any atom is -0.387 e. The number of imidazole rings is 1. The summed E-state index contributed by atoms with van der Waals surface area (Å²) in [6.45, 7) is 11.1. The van der Waals surface area contributed by atoms with Gasteiger partial charge in [-0.2, -0.15) is 3.89 Å². The van der Waals surface area contributed by atoms with Crippen molar-refractivity contribution < 1.29 is 3.89 Å². The standard InChI is InChI=1S/C23H24FN3S2.C3H8/c1-4-23(3,29-24)20-7-6-17(21-8-5-16(2)28-21)15-19(20)22-26-13-14-27(22)18-9-11-25-12-10-18;1-3-2/h5-11,13-15,25H,4,12H2,1-3H3;3H2,1-2H3. The van der Waals surface area contributed by atoms with E-state index in [1.165, 1.54) is 16.2 Å². The van der Waals surface area contributed by atoms with Crippen LogP contribution in [0.1, 0.15) is 51.0 Å². The molecule has 0 fully saturated rings. The van der Waals surface area contributed by atoms with E-state index in [-0.39, 0.29) is 0 Å². The molecule has 4 rings (SSSR count). The van der Waals surface area contributed by atoms with Crippen LogP contribution in [0.4, 0.5) is 3.89 Å². The highest BCUT2D eigenvalue weighted by Gasteiger charge is 2.31. The third-order valence-electron chi connectivity index (χ3n) is 5.42. The van der Waals surface area contributed by atoms with E-state index in [2.05, 4.69) is 72.0 Å². The molecule has 1 aliphatic heterocycles. The Balaban J connectivity index is 0.000000913. The summed E-state index contributed by atoms with van der Waals surface area (Å²) in [5.41, 5.74) is 4.13. The molecule has 0 spiro atoms. The first-order chi connectivity index (χ1) is 15.5. The van der Waals surface area contributed by atoms with Gasteiger partial charge in [0, 0.05) is 40.0 Å². The van der Waals surface area contributed by atoms with Crippen LogP contribution in [0.2, 0.25) is 0 Å². The van der Waals surface area contributed by atoms with Crippen LogP contribution in [0.3, 0.4) is 0 Å². The van der Waals surface area contributed by atoms with Gasteiger partial charge in [0.05, 0.1) is 16.9 Å². The number of nitrogens with zero attached hydrogens (tertiary/aromatic N) is 2. The Kier molecular flexibility index (Phi) is 8.38. The molecule has 1 atom stereocenters. The van der Waals surface area contributed by atoms with Gasteiger partial charge in [0.15, 0.2) is 0 Å². The van der Waals surface area contributed by atoms with E-state index in [1.807, 2.05) is 38.5 Å². The molecule has 0 saturated heterocycles. The zero-order valence-electron chi connectivity index (χ0n) is 19.5. The Morgan fingerprint density at radius 1 is 1.22 bits per heavy atom. The van der Waals surface area contributed by atoms with Crippen molar-refractivity contribution in [3.8, 4) is 21.8 Å². The van der Waals surface area contributed by atoms with Crippen molar-refractivity contribution in [2.24, 2.45) is 0 Å². The topological polar surface area (TPSA) is 29.9 Å². The van der Waals surface area contributed by atoms with Crippen LogP contribution in [0.25, 0.3) is 27.5 Å². The molecule has 170 valence electrons. The number of rotatable bonds is 6. The zero-order valence-corrected chi connectivity index (χ0v) is 21.1. The molecule has 0 saturated carbocycles. The molecule has 0 bridgehead atoms.